The van der Waals surface area contributed by atoms with Crippen LogP contribution in [0.15, 0.2) is 60.9 Å². The van der Waals surface area contributed by atoms with Gasteiger partial charge in [0, 0.05) is 53.4 Å². The Bertz CT molecular complexity index is 1640. The number of nitrogens with zero attached hydrogens (tertiary/aromatic N) is 4. The molecule has 0 bridgehead atoms. The van der Waals surface area contributed by atoms with E-state index in [0.29, 0.717) is 41.9 Å². The summed E-state index contributed by atoms with van der Waals surface area (Å²) < 4.78 is 6.50. The number of rotatable bonds is 7. The molecule has 1 saturated carbocycles. The predicted octanol–water partition coefficient (Wildman–Crippen LogP) is 6.09. The highest BCUT2D eigenvalue weighted by Crippen LogP contribution is 2.46. The first-order valence-electron chi connectivity index (χ1n) is 13.9. The molecule has 10 heteroatoms. The molecule has 2 aromatic heterocycles. The summed E-state index contributed by atoms with van der Waals surface area (Å²) in [7, 11) is 0. The van der Waals surface area contributed by atoms with E-state index in [1.54, 1.807) is 18.5 Å². The van der Waals surface area contributed by atoms with Crippen molar-refractivity contribution in [2.75, 3.05) is 23.7 Å². The van der Waals surface area contributed by atoms with Crippen LogP contribution in [0.5, 0.6) is 11.6 Å². The van der Waals surface area contributed by atoms with Crippen molar-refractivity contribution in [1.29, 1.82) is 0 Å². The molecule has 41 heavy (non-hydrogen) atoms. The number of benzene rings is 2. The molecule has 10 nitrogen and oxygen atoms in total. The highest BCUT2D eigenvalue weighted by molar-refractivity contribution is 6.06. The number of piperidine rings is 1. The lowest BCUT2D eigenvalue weighted by Crippen LogP contribution is -2.44. The van der Waals surface area contributed by atoms with Crippen LogP contribution in [-0.4, -0.2) is 56.1 Å². The number of likely N-dealkylation sites (tertiary alicyclic amines) is 1. The van der Waals surface area contributed by atoms with Gasteiger partial charge in [0.05, 0.1) is 11.3 Å². The standard InChI is InChI=1S/C31H32N6O4/c1-19-10-11-21-22(7-3-9-24(21)35-28(38)31(2)13-14-31)26(19)41-27-23(8-4-15-32-27)25-12-16-33-29(36-25)34-20-6-5-17-37(18-20)30(39)40/h3-4,7-12,15-16,20H,5-6,13-14,17-18H2,1-2H3,(H,35,38)(H,39,40)(H,33,34,36)/t20-/m0/s1. The smallest absolute Gasteiger partial charge is 0.407 e. The Morgan fingerprint density at radius 3 is 2.71 bits per heavy atom. The Morgan fingerprint density at radius 1 is 1.05 bits per heavy atom. The zero-order valence-corrected chi connectivity index (χ0v) is 23.1. The lowest BCUT2D eigenvalue weighted by molar-refractivity contribution is -0.120. The fraction of sp³-hybridized carbons (Fsp3) is 0.323. The van der Waals surface area contributed by atoms with Gasteiger partial charge in [0.15, 0.2) is 0 Å². The van der Waals surface area contributed by atoms with E-state index in [9.17, 15) is 14.7 Å². The average Bonchev–Trinajstić information content (AvgIpc) is 3.74. The number of carboxylic acid groups (broad SMARTS) is 1. The van der Waals surface area contributed by atoms with Crippen LogP contribution in [-0.2, 0) is 4.79 Å². The SMILES string of the molecule is Cc1ccc2c(NC(=O)C3(C)CC3)cccc2c1Oc1ncccc1-c1ccnc(N[C@H]2CCCN(C(=O)O)C2)n1. The highest BCUT2D eigenvalue weighted by atomic mass is 16.5. The lowest BCUT2D eigenvalue weighted by Gasteiger charge is -2.31. The van der Waals surface area contributed by atoms with E-state index in [1.807, 2.05) is 56.3 Å². The van der Waals surface area contributed by atoms with Crippen molar-refractivity contribution >= 4 is 34.4 Å². The number of hydrogen-bond acceptors (Lipinski definition) is 7. The third-order valence-electron chi connectivity index (χ3n) is 7.93. The van der Waals surface area contributed by atoms with Gasteiger partial charge in [0.25, 0.3) is 0 Å². The number of carbonyl (C=O) groups excluding carboxylic acids is 1. The van der Waals surface area contributed by atoms with Crippen LogP contribution < -0.4 is 15.4 Å². The molecule has 0 radical (unpaired) electrons. The van der Waals surface area contributed by atoms with Crippen molar-refractivity contribution in [1.82, 2.24) is 19.9 Å². The van der Waals surface area contributed by atoms with E-state index < -0.39 is 6.09 Å². The average molecular weight is 553 g/mol. The second kappa shape index (κ2) is 10.7. The quantitative estimate of drug-likeness (QED) is 0.251. The lowest BCUT2D eigenvalue weighted by atomic mass is 10.0. The molecule has 2 aliphatic rings. The van der Waals surface area contributed by atoms with Crippen LogP contribution in [0.2, 0.25) is 0 Å². The van der Waals surface area contributed by atoms with Crippen LogP contribution in [0.3, 0.4) is 0 Å². The van der Waals surface area contributed by atoms with Gasteiger partial charge in [-0.05, 0) is 62.4 Å². The van der Waals surface area contributed by atoms with Gasteiger partial charge in [-0.15, -0.1) is 0 Å². The molecule has 4 aromatic rings. The molecule has 0 unspecified atom stereocenters. The van der Waals surface area contributed by atoms with Gasteiger partial charge in [-0.1, -0.05) is 31.2 Å². The fourth-order valence-corrected chi connectivity index (χ4v) is 5.16. The Hall–Kier alpha value is -4.73. The maximum absolute atomic E-state index is 12.8. The maximum atomic E-state index is 12.8. The molecule has 1 atom stereocenters. The molecule has 2 fully saturated rings. The van der Waals surface area contributed by atoms with Gasteiger partial charge < -0.3 is 25.4 Å². The third-order valence-corrected chi connectivity index (χ3v) is 7.93. The first-order valence-corrected chi connectivity index (χ1v) is 13.9. The summed E-state index contributed by atoms with van der Waals surface area (Å²) in [5.74, 6) is 1.50. The fourth-order valence-electron chi connectivity index (χ4n) is 5.16. The maximum Gasteiger partial charge on any atom is 0.407 e. The van der Waals surface area contributed by atoms with Crippen LogP contribution in [0.4, 0.5) is 16.4 Å². The molecular weight excluding hydrogens is 520 g/mol. The zero-order valence-electron chi connectivity index (χ0n) is 23.1. The molecule has 3 N–H and O–H groups in total. The molecule has 0 spiro atoms. The summed E-state index contributed by atoms with van der Waals surface area (Å²) in [6, 6.07) is 15.2. The molecule has 2 amide bonds. The number of ether oxygens (including phenoxy) is 1. The first kappa shape index (κ1) is 26.5. The monoisotopic (exact) mass is 552 g/mol. The number of aromatic nitrogens is 3. The summed E-state index contributed by atoms with van der Waals surface area (Å²) in [5.41, 5.74) is 2.71. The summed E-state index contributed by atoms with van der Waals surface area (Å²) in [4.78, 5) is 39.2. The van der Waals surface area contributed by atoms with E-state index in [2.05, 4.69) is 20.6 Å². The highest BCUT2D eigenvalue weighted by Gasteiger charge is 2.45. The van der Waals surface area contributed by atoms with Crippen molar-refractivity contribution in [2.45, 2.75) is 45.6 Å². The van der Waals surface area contributed by atoms with Gasteiger partial charge in [0.2, 0.25) is 17.7 Å². The number of aryl methyl sites for hydroxylation is 1. The molecular formula is C31H32N6O4. The Balaban J connectivity index is 1.29. The Labute approximate surface area is 237 Å². The van der Waals surface area contributed by atoms with Crippen LogP contribution in [0.1, 0.15) is 38.2 Å². The summed E-state index contributed by atoms with van der Waals surface area (Å²) in [6.07, 6.45) is 5.84. The van der Waals surface area contributed by atoms with Crippen molar-refractivity contribution in [2.24, 2.45) is 5.41 Å². The van der Waals surface area contributed by atoms with Gasteiger partial charge in [-0.25, -0.2) is 19.7 Å². The van der Waals surface area contributed by atoms with E-state index in [0.717, 1.165) is 47.7 Å². The van der Waals surface area contributed by atoms with Crippen LogP contribution >= 0.6 is 0 Å². The molecule has 1 saturated heterocycles. The second-order valence-electron chi connectivity index (χ2n) is 11.1. The Morgan fingerprint density at radius 2 is 1.90 bits per heavy atom. The van der Waals surface area contributed by atoms with E-state index >= 15 is 0 Å². The van der Waals surface area contributed by atoms with Crippen molar-refractivity contribution in [3.63, 3.8) is 0 Å². The zero-order chi connectivity index (χ0) is 28.6. The molecule has 2 aromatic carbocycles. The van der Waals surface area contributed by atoms with E-state index in [1.165, 1.54) is 4.90 Å². The topological polar surface area (TPSA) is 130 Å². The number of pyridine rings is 1. The molecule has 1 aliphatic carbocycles. The molecule has 1 aliphatic heterocycles. The largest absolute Gasteiger partial charge is 0.465 e. The van der Waals surface area contributed by atoms with Crippen molar-refractivity contribution in [3.8, 4) is 22.9 Å². The van der Waals surface area contributed by atoms with Gasteiger partial charge in [-0.3, -0.25) is 4.79 Å². The van der Waals surface area contributed by atoms with Crippen molar-refractivity contribution < 1.29 is 19.4 Å². The number of carbonyl (C=O) groups is 2. The molecule has 210 valence electrons. The summed E-state index contributed by atoms with van der Waals surface area (Å²) >= 11 is 0. The van der Waals surface area contributed by atoms with Crippen molar-refractivity contribution in [3.05, 3.63) is 66.5 Å². The summed E-state index contributed by atoms with van der Waals surface area (Å²) in [5, 5.41) is 17.5. The van der Waals surface area contributed by atoms with Crippen LogP contribution in [0, 0.1) is 12.3 Å². The van der Waals surface area contributed by atoms with Gasteiger partial charge in [0.1, 0.15) is 5.75 Å². The number of amides is 2. The summed E-state index contributed by atoms with van der Waals surface area (Å²) in [6.45, 7) is 4.88. The first-order chi connectivity index (χ1) is 19.8. The minimum absolute atomic E-state index is 0.0390. The number of nitrogens with one attached hydrogen (secondary N) is 2. The number of anilines is 2. The number of hydrogen-bond donors (Lipinski definition) is 3. The van der Waals surface area contributed by atoms with E-state index in [4.69, 9.17) is 9.72 Å². The predicted molar refractivity (Wildman–Crippen MR) is 156 cm³/mol. The minimum atomic E-state index is -0.918. The van der Waals surface area contributed by atoms with E-state index in [-0.39, 0.29) is 17.4 Å². The molecule has 6 rings (SSSR count). The van der Waals surface area contributed by atoms with Gasteiger partial charge >= 0.3 is 6.09 Å². The Kier molecular flexibility index (Phi) is 6.90. The molecule has 3 heterocycles. The number of fused-ring (bicyclic) bond motifs is 1. The van der Waals surface area contributed by atoms with Gasteiger partial charge in [-0.2, -0.15) is 0 Å². The van der Waals surface area contributed by atoms with Crippen LogP contribution in [0.25, 0.3) is 22.0 Å². The normalized spacial score (nSPS) is 17.6. The minimum Gasteiger partial charge on any atom is -0.465 e. The second-order valence-corrected chi connectivity index (χ2v) is 11.1. The third kappa shape index (κ3) is 5.50.